The van der Waals surface area contributed by atoms with E-state index in [1.807, 2.05) is 0 Å². The molecule has 0 aromatic heterocycles. The molecule has 0 saturated carbocycles. The molecule has 0 aliphatic heterocycles. The number of halogens is 18. The fourth-order valence-electron chi connectivity index (χ4n) is 3.03. The molecule has 0 fully saturated rings. The second-order valence-corrected chi connectivity index (χ2v) is 8.75. The summed E-state index contributed by atoms with van der Waals surface area (Å²) in [5.74, 6) is -55.9. The van der Waals surface area contributed by atoms with Gasteiger partial charge in [0.25, 0.3) is 0 Å². The molecule has 38 heavy (non-hydrogen) atoms. The first-order valence-corrected chi connectivity index (χ1v) is 10.9. The van der Waals surface area contributed by atoms with E-state index in [1.165, 1.54) is 0 Å². The number of carbonyl (C=O) groups excluding carboxylic acids is 1. The monoisotopic (exact) mass is 622 g/mol. The normalized spacial score (nSPS) is 15.2. The van der Waals surface area contributed by atoms with E-state index in [2.05, 4.69) is 0 Å². The summed E-state index contributed by atoms with van der Waals surface area (Å²) in [6.45, 7) is 0. The molecule has 228 valence electrons. The molecule has 0 aromatic rings. The van der Waals surface area contributed by atoms with Gasteiger partial charge in [0, 0.05) is 12.8 Å². The zero-order valence-electron chi connectivity index (χ0n) is 18.8. The van der Waals surface area contributed by atoms with E-state index in [1.54, 1.807) is 0 Å². The standard InChI is InChI=1S/C19H20ClF17O/c20-11(38)9-7-5-3-1-2-4-6-8-10-12(21,22)13(23,24)14(25,26)15(27,28)16(29,30)17(31,32)18(33,34)19(35,36)37/h1-10H2. The van der Waals surface area contributed by atoms with Gasteiger partial charge >= 0.3 is 47.6 Å². The number of carbonyl (C=O) groups is 1. The molecule has 0 aliphatic carbocycles. The Labute approximate surface area is 209 Å². The molecule has 0 N–H and O–H groups in total. The van der Waals surface area contributed by atoms with Gasteiger partial charge in [0.15, 0.2) is 0 Å². The summed E-state index contributed by atoms with van der Waals surface area (Å²) in [7, 11) is 0. The van der Waals surface area contributed by atoms with Gasteiger partial charge in [-0.15, -0.1) is 0 Å². The maximum absolute atomic E-state index is 13.8. The Bertz CT molecular complexity index is 776. The minimum absolute atomic E-state index is 0.000536. The lowest BCUT2D eigenvalue weighted by molar-refractivity contribution is -0.461. The smallest absolute Gasteiger partial charge is 0.281 e. The lowest BCUT2D eigenvalue weighted by Gasteiger charge is -2.42. The van der Waals surface area contributed by atoms with Gasteiger partial charge in [0.05, 0.1) is 0 Å². The Morgan fingerprint density at radius 3 is 1.05 bits per heavy atom. The van der Waals surface area contributed by atoms with Gasteiger partial charge in [-0.3, -0.25) is 4.79 Å². The van der Waals surface area contributed by atoms with Crippen molar-refractivity contribution in [3.05, 3.63) is 0 Å². The largest absolute Gasteiger partial charge is 0.460 e. The summed E-state index contributed by atoms with van der Waals surface area (Å²) >= 11 is 5.09. The lowest BCUT2D eigenvalue weighted by Crippen LogP contribution is -2.74. The first-order valence-electron chi connectivity index (χ1n) is 10.6. The first kappa shape index (κ1) is 36.8. The Hall–Kier alpha value is -1.23. The van der Waals surface area contributed by atoms with Crippen LogP contribution in [0.25, 0.3) is 0 Å². The topological polar surface area (TPSA) is 17.1 Å². The minimum Gasteiger partial charge on any atom is -0.281 e. The van der Waals surface area contributed by atoms with Gasteiger partial charge < -0.3 is 0 Å². The van der Waals surface area contributed by atoms with E-state index in [9.17, 15) is 79.4 Å². The Kier molecular flexibility index (Phi) is 11.7. The van der Waals surface area contributed by atoms with Crippen molar-refractivity contribution in [3.63, 3.8) is 0 Å². The van der Waals surface area contributed by atoms with Crippen LogP contribution in [-0.2, 0) is 4.79 Å². The summed E-state index contributed by atoms with van der Waals surface area (Å²) in [6, 6.07) is 0. The first-order chi connectivity index (χ1) is 16.7. The third-order valence-corrected chi connectivity index (χ3v) is 5.59. The molecule has 0 heterocycles. The second-order valence-electron chi connectivity index (χ2n) is 8.33. The summed E-state index contributed by atoms with van der Waals surface area (Å²) in [5, 5.41) is -0.581. The Morgan fingerprint density at radius 1 is 0.421 bits per heavy atom. The second kappa shape index (κ2) is 12.1. The van der Waals surface area contributed by atoms with E-state index in [0.29, 0.717) is 25.7 Å². The highest BCUT2D eigenvalue weighted by molar-refractivity contribution is 6.63. The van der Waals surface area contributed by atoms with Crippen LogP contribution in [0.2, 0.25) is 0 Å². The number of hydrogen-bond donors (Lipinski definition) is 0. The van der Waals surface area contributed by atoms with E-state index in [0.717, 1.165) is 0 Å². The fraction of sp³-hybridized carbons (Fsp3) is 0.947. The number of alkyl halides is 17. The van der Waals surface area contributed by atoms with Gasteiger partial charge in [-0.2, -0.15) is 74.6 Å². The predicted molar refractivity (Wildman–Crippen MR) is 97.7 cm³/mol. The summed E-state index contributed by atoms with van der Waals surface area (Å²) in [6.07, 6.45) is -9.41. The highest BCUT2D eigenvalue weighted by Gasteiger charge is 2.95. The third kappa shape index (κ3) is 6.91. The average molecular weight is 623 g/mol. The summed E-state index contributed by atoms with van der Waals surface area (Å²) in [5.41, 5.74) is 0. The van der Waals surface area contributed by atoms with Crippen LogP contribution in [0.3, 0.4) is 0 Å². The Morgan fingerprint density at radius 2 is 0.711 bits per heavy atom. The molecule has 19 heteroatoms. The van der Waals surface area contributed by atoms with Gasteiger partial charge in [-0.05, 0) is 24.4 Å². The van der Waals surface area contributed by atoms with Crippen LogP contribution in [0.5, 0.6) is 0 Å². The zero-order chi connectivity index (χ0) is 30.6. The van der Waals surface area contributed by atoms with Gasteiger partial charge in [0.2, 0.25) is 5.24 Å². The van der Waals surface area contributed by atoms with Crippen LogP contribution in [-0.4, -0.2) is 52.9 Å². The number of hydrogen-bond acceptors (Lipinski definition) is 1. The molecule has 0 aromatic carbocycles. The molecule has 1 nitrogen and oxygen atoms in total. The van der Waals surface area contributed by atoms with Crippen molar-refractivity contribution in [1.29, 1.82) is 0 Å². The molecular formula is C19H20ClF17O. The lowest BCUT2D eigenvalue weighted by atomic mass is 9.87. The van der Waals surface area contributed by atoms with Gasteiger partial charge in [0.1, 0.15) is 0 Å². The molecule has 0 amide bonds. The van der Waals surface area contributed by atoms with Crippen molar-refractivity contribution < 1.29 is 79.4 Å². The zero-order valence-corrected chi connectivity index (χ0v) is 19.5. The van der Waals surface area contributed by atoms with Crippen LogP contribution >= 0.6 is 11.6 Å². The molecule has 0 radical (unpaired) electrons. The van der Waals surface area contributed by atoms with E-state index >= 15 is 0 Å². The van der Waals surface area contributed by atoms with Gasteiger partial charge in [-0.25, -0.2) is 0 Å². The van der Waals surface area contributed by atoms with E-state index < -0.39 is 72.1 Å². The highest BCUT2D eigenvalue weighted by Crippen LogP contribution is 2.64. The molecule has 0 rings (SSSR count). The number of rotatable bonds is 17. The third-order valence-electron chi connectivity index (χ3n) is 5.40. The van der Waals surface area contributed by atoms with Crippen LogP contribution in [0.4, 0.5) is 74.6 Å². The number of unbranched alkanes of at least 4 members (excludes halogenated alkanes) is 7. The molecular weight excluding hydrogens is 603 g/mol. The quantitative estimate of drug-likeness (QED) is 0.0897. The average Bonchev–Trinajstić information content (AvgIpc) is 2.73. The maximum atomic E-state index is 13.8. The maximum Gasteiger partial charge on any atom is 0.460 e. The van der Waals surface area contributed by atoms with Crippen molar-refractivity contribution in [2.45, 2.75) is 112 Å². The Balaban J connectivity index is 5.50. The van der Waals surface area contributed by atoms with Crippen molar-refractivity contribution in [2.24, 2.45) is 0 Å². The van der Waals surface area contributed by atoms with Crippen LogP contribution < -0.4 is 0 Å². The van der Waals surface area contributed by atoms with Gasteiger partial charge in [-0.1, -0.05) is 38.5 Å². The molecule has 0 bridgehead atoms. The van der Waals surface area contributed by atoms with Crippen molar-refractivity contribution in [1.82, 2.24) is 0 Å². The summed E-state index contributed by atoms with van der Waals surface area (Å²) in [4.78, 5) is 10.5. The van der Waals surface area contributed by atoms with Crippen molar-refractivity contribution in [3.8, 4) is 0 Å². The SMILES string of the molecule is O=C(Cl)CCCCCCCCCCC(F)(F)C(F)(F)C(F)(F)C(F)(F)C(F)(F)C(F)(F)C(F)(F)C(F)(F)F. The van der Waals surface area contributed by atoms with Crippen LogP contribution in [0, 0.1) is 0 Å². The van der Waals surface area contributed by atoms with Crippen LogP contribution in [0.15, 0.2) is 0 Å². The molecule has 0 saturated heterocycles. The fourth-order valence-corrected chi connectivity index (χ4v) is 3.16. The molecule has 0 aliphatic rings. The predicted octanol–water partition coefficient (Wildman–Crippen LogP) is 9.66. The molecule has 0 spiro atoms. The van der Waals surface area contributed by atoms with Crippen molar-refractivity contribution >= 4 is 16.8 Å². The molecule has 0 atom stereocenters. The highest BCUT2D eigenvalue weighted by atomic mass is 35.5. The minimum atomic E-state index is -8.60. The van der Waals surface area contributed by atoms with Crippen LogP contribution in [0.1, 0.15) is 64.2 Å². The van der Waals surface area contributed by atoms with E-state index in [4.69, 9.17) is 11.6 Å². The van der Waals surface area contributed by atoms with Crippen molar-refractivity contribution in [2.75, 3.05) is 0 Å². The molecule has 0 unspecified atom stereocenters. The summed E-state index contributed by atoms with van der Waals surface area (Å²) < 4.78 is 224. The van der Waals surface area contributed by atoms with E-state index in [-0.39, 0.29) is 19.3 Å².